The van der Waals surface area contributed by atoms with E-state index in [9.17, 15) is 0 Å². The molecule has 8 unspecified atom stereocenters. The summed E-state index contributed by atoms with van der Waals surface area (Å²) in [5.41, 5.74) is 58.3. The third kappa shape index (κ3) is 117. The fourth-order valence-corrected chi connectivity index (χ4v) is 4.52. The number of rotatable bonds is 0. The van der Waals surface area contributed by atoms with Gasteiger partial charge in [0.25, 0.3) is 0 Å². The standard InChI is InChI=1S/4C6H12N2.2C2H2O4.8CH4.4Ag.4HI.6H2O.4Pt/c4*7-5-3-1-2-4-6(5)8;2*3-1(4)2(5)6;;;;;;;;;;;;;;;;;;;;;;;;;;/h4*5-8H,1-4H2;2*(H,3,4)(H,5,6);8*1H4;;;;;4*1H;6*1H2;;;;/q4*-2;;;;;;;;;;;4*+1;;;;;;;;;;;3*+2;+4/p-4. The number of aliphatic carboxylic acids is 4. The Labute approximate surface area is 573 Å². The van der Waals surface area contributed by atoms with Crippen LogP contribution in [0.1, 0.15) is 162 Å². The summed E-state index contributed by atoms with van der Waals surface area (Å²) >= 11 is 15.1. The molecule has 0 amide bonds. The Bertz CT molecular complexity index is 741. The van der Waals surface area contributed by atoms with Crippen LogP contribution in [0.4, 0.5) is 0 Å². The molecular formula is C36H96Ag4I4N8O14Pt4+2. The molecule has 0 radical (unpaired) electrons. The van der Waals surface area contributed by atoms with Crippen LogP contribution in [-0.2, 0) is 173 Å². The second kappa shape index (κ2) is 118. The summed E-state index contributed by atoms with van der Waals surface area (Å²) in [6.45, 7) is 0. The topological polar surface area (TPSA) is 529 Å². The number of hydrogen-bond acceptors (Lipinski definition) is 4. The van der Waals surface area contributed by atoms with Gasteiger partial charge in [0.15, 0.2) is 0 Å². The Morgan fingerprint density at radius 2 is 0.386 bits per heavy atom. The first-order valence-corrected chi connectivity index (χ1v) is 37.3. The predicted octanol–water partition coefficient (Wildman–Crippen LogP) is 11.6. The molecule has 34 heteroatoms. The summed E-state index contributed by atoms with van der Waals surface area (Å²) in [6.07, 6.45) is 17.0. The molecule has 474 valence electrons. The van der Waals surface area contributed by atoms with Gasteiger partial charge in [0.2, 0.25) is 0 Å². The van der Waals surface area contributed by atoms with Crippen molar-refractivity contribution < 1.29 is 226 Å². The van der Waals surface area contributed by atoms with Gasteiger partial charge in [-0.2, -0.15) is 48.3 Å². The van der Waals surface area contributed by atoms with Crippen molar-refractivity contribution in [2.45, 2.75) is 210 Å². The summed E-state index contributed by atoms with van der Waals surface area (Å²) in [6, 6.07) is -0.639. The maximum Gasteiger partial charge on any atom is 2.00 e. The normalized spacial score (nSPS) is 19.9. The van der Waals surface area contributed by atoms with Gasteiger partial charge in [0.1, 0.15) is 0 Å². The molecule has 0 heterocycles. The van der Waals surface area contributed by atoms with E-state index < -0.39 is 23.9 Å². The maximum absolute atomic E-state index is 9.10. The SMILES string of the molecule is C.C.C.C.C.C.C.C.O.O.O.O.O.O.O=C(O)C(=O)O.O=C(O)C(=O)O.[Ag+].[Ag+].[Ag][I].[Ag][I].[I][Pt+2][I].[NH-]C1CCCCC1[NH-].[NH-]C1CCCCC1[NH-].[NH-]C1CCCCC1[NH-].[NH-]C1CCCCC1[NH-].[Pt+2].[Pt+2].[Pt+2]. The van der Waals surface area contributed by atoms with E-state index in [-0.39, 0.29) is 249 Å². The van der Waals surface area contributed by atoms with Crippen molar-refractivity contribution in [1.82, 2.24) is 0 Å². The molecule has 24 N–H and O–H groups in total. The van der Waals surface area contributed by atoms with E-state index in [1.54, 1.807) is 0 Å². The number of carboxylic acids is 4. The first-order valence-electron chi connectivity index (χ1n) is 15.6. The van der Waals surface area contributed by atoms with Gasteiger partial charge in [-0.25, -0.2) is 19.2 Å². The van der Waals surface area contributed by atoms with E-state index in [2.05, 4.69) is 73.2 Å². The van der Waals surface area contributed by atoms with Crippen molar-refractivity contribution >= 4 is 101 Å². The fourth-order valence-electron chi connectivity index (χ4n) is 4.52. The van der Waals surface area contributed by atoms with Gasteiger partial charge in [0.05, 0.1) is 0 Å². The quantitative estimate of drug-likeness (QED) is 0.102. The van der Waals surface area contributed by atoms with E-state index in [1.807, 2.05) is 38.0 Å². The van der Waals surface area contributed by atoms with Crippen LogP contribution in [-0.4, -0.2) is 125 Å². The van der Waals surface area contributed by atoms with Crippen molar-refractivity contribution in [1.29, 1.82) is 0 Å². The molecule has 4 aliphatic carbocycles. The van der Waals surface area contributed by atoms with Crippen LogP contribution in [0.25, 0.3) is 45.9 Å². The molecule has 0 aromatic carbocycles. The van der Waals surface area contributed by atoms with Crippen molar-refractivity contribution in [3.05, 3.63) is 45.9 Å². The average Bonchev–Trinajstić information content (AvgIpc) is 3.10. The molecule has 4 rings (SSSR count). The first kappa shape index (κ1) is 158. The zero-order valence-electron chi connectivity index (χ0n) is 32.3. The van der Waals surface area contributed by atoms with E-state index in [1.165, 1.54) is 51.4 Å². The molecule has 0 aromatic heterocycles. The predicted molar refractivity (Wildman–Crippen MR) is 301 cm³/mol. The van der Waals surface area contributed by atoms with Crippen molar-refractivity contribution in [3.8, 4) is 0 Å². The second-order valence-electron chi connectivity index (χ2n) is 11.3. The molecule has 0 aromatic rings. The van der Waals surface area contributed by atoms with Gasteiger partial charge >= 0.3 is 254 Å². The monoisotopic (exact) mass is 2580 g/mol. The largest absolute Gasteiger partial charge is 2.00 e. The molecule has 22 nitrogen and oxygen atoms in total. The first-order chi connectivity index (χ1) is 23.9. The molecule has 8 atom stereocenters. The van der Waals surface area contributed by atoms with Crippen LogP contribution in [0.15, 0.2) is 0 Å². The zero-order chi connectivity index (χ0) is 40.9. The number of carbonyl (C=O) groups is 4. The van der Waals surface area contributed by atoms with Crippen molar-refractivity contribution in [3.63, 3.8) is 0 Å². The Morgan fingerprint density at radius 3 is 0.414 bits per heavy atom. The van der Waals surface area contributed by atoms with Gasteiger partial charge < -0.3 is 99.2 Å². The molecule has 0 spiro atoms. The molecule has 4 aliphatic rings. The van der Waals surface area contributed by atoms with Gasteiger partial charge in [-0.05, 0) is 0 Å². The summed E-state index contributed by atoms with van der Waals surface area (Å²) in [5.74, 6) is -7.30. The van der Waals surface area contributed by atoms with Gasteiger partial charge in [-0.15, -0.1) is 0 Å². The van der Waals surface area contributed by atoms with Crippen LogP contribution >= 0.6 is 76.7 Å². The van der Waals surface area contributed by atoms with Gasteiger partial charge in [0, 0.05) is 0 Å². The minimum atomic E-state index is -1.82. The molecule has 0 bridgehead atoms. The van der Waals surface area contributed by atoms with Crippen LogP contribution in [0.2, 0.25) is 0 Å². The van der Waals surface area contributed by atoms with E-state index in [0.29, 0.717) is 11.2 Å². The fraction of sp³-hybridized carbons (Fsp3) is 0.889. The Kier molecular flexibility index (Phi) is 266. The molecule has 4 fully saturated rings. The van der Waals surface area contributed by atoms with Crippen LogP contribution < -0.4 is 0 Å². The van der Waals surface area contributed by atoms with E-state index in [0.717, 1.165) is 51.4 Å². The van der Waals surface area contributed by atoms with Crippen LogP contribution in [0.5, 0.6) is 0 Å². The van der Waals surface area contributed by atoms with E-state index >= 15 is 0 Å². The molecular weight excluding hydrogens is 2490 g/mol. The van der Waals surface area contributed by atoms with Crippen molar-refractivity contribution in [2.24, 2.45) is 0 Å². The zero-order valence-corrected chi connectivity index (χ0v) is 56.0. The number of halogens is 4. The second-order valence-corrected chi connectivity index (χ2v) is 27.9. The minimum absolute atomic E-state index is 0. The van der Waals surface area contributed by atoms with Crippen LogP contribution in [0.3, 0.4) is 0 Å². The maximum atomic E-state index is 9.10. The smallest absolute Gasteiger partial charge is 0.676 e. The van der Waals surface area contributed by atoms with Gasteiger partial charge in [-0.3, -0.25) is 0 Å². The molecule has 70 heavy (non-hydrogen) atoms. The molecule has 0 saturated heterocycles. The van der Waals surface area contributed by atoms with Gasteiger partial charge in [-0.1, -0.05) is 162 Å². The Balaban J connectivity index is -0.0000000153. The number of hydrogen-bond donors (Lipinski definition) is 4. The number of carboxylic acid groups (broad SMARTS) is 4. The van der Waals surface area contributed by atoms with Crippen molar-refractivity contribution in [2.75, 3.05) is 0 Å². The summed E-state index contributed by atoms with van der Waals surface area (Å²) < 4.78 is 0. The minimum Gasteiger partial charge on any atom is -0.676 e. The summed E-state index contributed by atoms with van der Waals surface area (Å²) in [5, 5.41) is 29.6. The third-order valence-corrected chi connectivity index (χ3v) is 7.43. The average molecular weight is 2580 g/mol. The summed E-state index contributed by atoms with van der Waals surface area (Å²) in [7, 11) is 0. The Hall–Kier alpha value is 5.95. The summed E-state index contributed by atoms with van der Waals surface area (Å²) in [4.78, 5) is 36.4. The van der Waals surface area contributed by atoms with Crippen LogP contribution in [0, 0.1) is 0 Å². The Morgan fingerprint density at radius 1 is 0.329 bits per heavy atom. The molecule has 4 saturated carbocycles. The molecule has 0 aliphatic heterocycles. The number of nitrogens with one attached hydrogen (secondary N) is 8. The third-order valence-electron chi connectivity index (χ3n) is 7.43. The van der Waals surface area contributed by atoms with E-state index in [4.69, 9.17) is 85.5 Å².